The van der Waals surface area contributed by atoms with Gasteiger partial charge in [-0.2, -0.15) is 0 Å². The van der Waals surface area contributed by atoms with Gasteiger partial charge in [-0.05, 0) is 30.2 Å². The van der Waals surface area contributed by atoms with Gasteiger partial charge in [-0.15, -0.1) is 5.92 Å². The molecule has 1 aliphatic heterocycles. The number of hydrogen-bond donors (Lipinski definition) is 0. The van der Waals surface area contributed by atoms with Gasteiger partial charge in [-0.1, -0.05) is 23.2 Å². The molecule has 0 aliphatic carbocycles. The zero-order valence-electron chi connectivity index (χ0n) is 12.9. The van der Waals surface area contributed by atoms with Gasteiger partial charge in [0.2, 0.25) is 0 Å². The van der Waals surface area contributed by atoms with E-state index >= 15 is 0 Å². The number of rotatable bonds is 6. The molecule has 6 nitrogen and oxygen atoms in total. The van der Waals surface area contributed by atoms with Gasteiger partial charge in [0.25, 0.3) is 0 Å². The monoisotopic (exact) mass is 300 g/mol. The van der Waals surface area contributed by atoms with Crippen molar-refractivity contribution in [1.82, 2.24) is 4.90 Å². The van der Waals surface area contributed by atoms with Crippen molar-refractivity contribution >= 4 is 0 Å². The highest BCUT2D eigenvalue weighted by Crippen LogP contribution is 2.20. The molecule has 0 radical (unpaired) electrons. The minimum absolute atomic E-state index is 0.102. The molecule has 1 aliphatic rings. The molecule has 2 atom stereocenters. The number of likely N-dealkylation sites (tertiary alicyclic amines) is 1. The van der Waals surface area contributed by atoms with Crippen LogP contribution >= 0.6 is 0 Å². The predicted molar refractivity (Wildman–Crippen MR) is 84.4 cm³/mol. The molecule has 1 fully saturated rings. The second-order valence-electron chi connectivity index (χ2n) is 5.09. The van der Waals surface area contributed by atoms with Gasteiger partial charge in [-0.3, -0.25) is 4.90 Å². The quantitative estimate of drug-likeness (QED) is 0.351. The Hall–Kier alpha value is -2.19. The molecule has 0 spiro atoms. The van der Waals surface area contributed by atoms with Crippen LogP contribution in [0.3, 0.4) is 0 Å². The van der Waals surface area contributed by atoms with Crippen LogP contribution in [0.5, 0.6) is 5.75 Å². The minimum atomic E-state index is -0.165. The Balaban J connectivity index is 1.96. The summed E-state index contributed by atoms with van der Waals surface area (Å²) in [5, 5.41) is 3.85. The van der Waals surface area contributed by atoms with Crippen molar-refractivity contribution in [3.8, 4) is 17.6 Å². The van der Waals surface area contributed by atoms with E-state index in [1.807, 2.05) is 24.3 Å². The maximum atomic E-state index is 8.69. The number of methoxy groups -OCH3 is 1. The van der Waals surface area contributed by atoms with Crippen LogP contribution in [0.25, 0.3) is 10.4 Å². The third kappa shape index (κ3) is 4.40. The third-order valence-electron chi connectivity index (χ3n) is 3.62. The molecule has 116 valence electrons. The van der Waals surface area contributed by atoms with Gasteiger partial charge in [0.05, 0.1) is 19.3 Å². The van der Waals surface area contributed by atoms with Crippen molar-refractivity contribution in [3.63, 3.8) is 0 Å². The first kappa shape index (κ1) is 16.2. The number of ether oxygens (including phenoxy) is 2. The van der Waals surface area contributed by atoms with E-state index in [2.05, 4.69) is 26.8 Å². The largest absolute Gasteiger partial charge is 0.497 e. The summed E-state index contributed by atoms with van der Waals surface area (Å²) in [5.74, 6) is 6.52. The van der Waals surface area contributed by atoms with Crippen molar-refractivity contribution in [2.75, 3.05) is 26.8 Å². The zero-order chi connectivity index (χ0) is 15.8. The van der Waals surface area contributed by atoms with E-state index in [9.17, 15) is 0 Å². The van der Waals surface area contributed by atoms with Gasteiger partial charge in [0.15, 0.2) is 0 Å². The molecule has 1 aromatic rings. The first-order valence-electron chi connectivity index (χ1n) is 7.17. The Bertz CT molecular complexity index is 584. The summed E-state index contributed by atoms with van der Waals surface area (Å²) in [6.45, 7) is 4.37. The van der Waals surface area contributed by atoms with Crippen molar-refractivity contribution in [3.05, 3.63) is 40.3 Å². The summed E-state index contributed by atoms with van der Waals surface area (Å²) in [7, 11) is 1.65. The molecule has 6 heteroatoms. The second-order valence-corrected chi connectivity index (χ2v) is 5.09. The van der Waals surface area contributed by atoms with Crippen LogP contribution in [0.1, 0.15) is 12.5 Å². The lowest BCUT2D eigenvalue weighted by Crippen LogP contribution is -2.25. The molecule has 0 saturated carbocycles. The zero-order valence-corrected chi connectivity index (χ0v) is 12.9. The maximum absolute atomic E-state index is 8.69. The molecule has 2 unspecified atom stereocenters. The van der Waals surface area contributed by atoms with Crippen LogP contribution in [0.4, 0.5) is 0 Å². The van der Waals surface area contributed by atoms with Gasteiger partial charge in [0.1, 0.15) is 12.4 Å². The van der Waals surface area contributed by atoms with E-state index in [0.717, 1.165) is 18.8 Å². The summed E-state index contributed by atoms with van der Waals surface area (Å²) in [6, 6.07) is 7.81. The van der Waals surface area contributed by atoms with Crippen LogP contribution in [-0.2, 0) is 11.3 Å². The van der Waals surface area contributed by atoms with Crippen molar-refractivity contribution in [2.45, 2.75) is 25.6 Å². The Morgan fingerprint density at radius 2 is 2.14 bits per heavy atom. The smallest absolute Gasteiger partial charge is 0.118 e. The average molecular weight is 300 g/mol. The van der Waals surface area contributed by atoms with E-state index < -0.39 is 0 Å². The molecule has 1 aromatic carbocycles. The van der Waals surface area contributed by atoms with Crippen molar-refractivity contribution < 1.29 is 9.47 Å². The van der Waals surface area contributed by atoms with Gasteiger partial charge in [0, 0.05) is 24.5 Å². The highest BCUT2D eigenvalue weighted by atomic mass is 16.5. The molecule has 1 saturated heterocycles. The lowest BCUT2D eigenvalue weighted by molar-refractivity contribution is 0.0742. The fraction of sp³-hybridized carbons (Fsp3) is 0.500. The second kappa shape index (κ2) is 8.30. The SMILES string of the molecule is CC#CCOC1CN(Cc2ccc(OC)cc2)CC1N=[N+]=[N-]. The summed E-state index contributed by atoms with van der Waals surface area (Å²) in [5.41, 5.74) is 9.88. The first-order chi connectivity index (χ1) is 10.8. The number of benzene rings is 1. The Morgan fingerprint density at radius 1 is 1.36 bits per heavy atom. The van der Waals surface area contributed by atoms with Crippen LogP contribution < -0.4 is 4.74 Å². The highest BCUT2D eigenvalue weighted by molar-refractivity contribution is 5.27. The van der Waals surface area contributed by atoms with E-state index in [1.54, 1.807) is 14.0 Å². The number of azide groups is 1. The number of hydrogen-bond acceptors (Lipinski definition) is 4. The van der Waals surface area contributed by atoms with Gasteiger partial charge in [-0.25, -0.2) is 0 Å². The fourth-order valence-electron chi connectivity index (χ4n) is 2.51. The normalized spacial score (nSPS) is 20.8. The molecular weight excluding hydrogens is 280 g/mol. The lowest BCUT2D eigenvalue weighted by atomic mass is 10.2. The Labute approximate surface area is 130 Å². The van der Waals surface area contributed by atoms with Crippen molar-refractivity contribution in [1.29, 1.82) is 0 Å². The molecule has 0 bridgehead atoms. The summed E-state index contributed by atoms with van der Waals surface area (Å²) < 4.78 is 10.9. The molecule has 22 heavy (non-hydrogen) atoms. The molecule has 2 rings (SSSR count). The van der Waals surface area contributed by atoms with E-state index in [1.165, 1.54) is 5.56 Å². The highest BCUT2D eigenvalue weighted by Gasteiger charge is 2.32. The van der Waals surface area contributed by atoms with Crippen LogP contribution in [0.15, 0.2) is 29.4 Å². The van der Waals surface area contributed by atoms with E-state index in [-0.39, 0.29) is 12.1 Å². The first-order valence-corrected chi connectivity index (χ1v) is 7.17. The predicted octanol–water partition coefficient (Wildman–Crippen LogP) is 2.60. The molecule has 0 amide bonds. The molecule has 1 heterocycles. The summed E-state index contributed by atoms with van der Waals surface area (Å²) in [6.07, 6.45) is -0.102. The number of nitrogens with zero attached hydrogens (tertiary/aromatic N) is 4. The average Bonchev–Trinajstić information content (AvgIpc) is 2.90. The maximum Gasteiger partial charge on any atom is 0.118 e. The van der Waals surface area contributed by atoms with Gasteiger partial charge < -0.3 is 9.47 Å². The topological polar surface area (TPSA) is 70.5 Å². The van der Waals surface area contributed by atoms with Crippen LogP contribution in [0, 0.1) is 11.8 Å². The van der Waals surface area contributed by atoms with Crippen LogP contribution in [0.2, 0.25) is 0 Å². The summed E-state index contributed by atoms with van der Waals surface area (Å²) in [4.78, 5) is 5.15. The molecule has 0 aromatic heterocycles. The van der Waals surface area contributed by atoms with E-state index in [0.29, 0.717) is 13.2 Å². The lowest BCUT2D eigenvalue weighted by Gasteiger charge is -2.16. The van der Waals surface area contributed by atoms with E-state index in [4.69, 9.17) is 15.0 Å². The Morgan fingerprint density at radius 3 is 2.77 bits per heavy atom. The summed E-state index contributed by atoms with van der Waals surface area (Å²) >= 11 is 0. The molecular formula is C16H20N4O2. The van der Waals surface area contributed by atoms with Crippen LogP contribution in [-0.4, -0.2) is 43.9 Å². The standard InChI is InChI=1S/C16H20N4O2/c1-3-4-9-22-16-12-20(11-15(16)18-19-17)10-13-5-7-14(21-2)8-6-13/h5-8,15-16H,9-12H2,1-2H3. The van der Waals surface area contributed by atoms with Gasteiger partial charge >= 0.3 is 0 Å². The minimum Gasteiger partial charge on any atom is -0.497 e. The third-order valence-corrected chi connectivity index (χ3v) is 3.62. The Kier molecular flexibility index (Phi) is 6.11. The van der Waals surface area contributed by atoms with Crippen molar-refractivity contribution in [2.24, 2.45) is 5.11 Å². The fourth-order valence-corrected chi connectivity index (χ4v) is 2.51. The molecule has 0 N–H and O–H groups in total.